The zero-order chi connectivity index (χ0) is 12.9. The molecule has 1 rings (SSSR count). The second-order valence-electron chi connectivity index (χ2n) is 4.35. The first-order valence-corrected chi connectivity index (χ1v) is 5.32. The fraction of sp³-hybridized carbons (Fsp3) is 0.417. The first kappa shape index (κ1) is 13.3. The summed E-state index contributed by atoms with van der Waals surface area (Å²) in [6.45, 7) is 3.43. The molecule has 0 spiro atoms. The standard InChI is InChI=1S/C12H18N2O3/c1-12(2,16)8-13-11(15)14-9-5-4-6-10(7-9)17-3/h4-7,16H,8H2,1-3H3,(H2,13,14,15). The molecule has 0 bridgehead atoms. The predicted octanol–water partition coefficient (Wildman–Crippen LogP) is 1.59. The highest BCUT2D eigenvalue weighted by atomic mass is 16.5. The average Bonchev–Trinajstić information content (AvgIpc) is 2.26. The van der Waals surface area contributed by atoms with Gasteiger partial charge in [-0.25, -0.2) is 4.79 Å². The third-order valence-electron chi connectivity index (χ3n) is 2.01. The van der Waals surface area contributed by atoms with Gasteiger partial charge in [0.1, 0.15) is 5.75 Å². The Kier molecular flexibility index (Phi) is 4.34. The number of nitrogens with one attached hydrogen (secondary N) is 2. The third kappa shape index (κ3) is 5.21. The Morgan fingerprint density at radius 1 is 1.47 bits per heavy atom. The zero-order valence-corrected chi connectivity index (χ0v) is 10.3. The van der Waals surface area contributed by atoms with Crippen molar-refractivity contribution >= 4 is 11.7 Å². The van der Waals surface area contributed by atoms with Crippen molar-refractivity contribution < 1.29 is 14.6 Å². The normalized spacial score (nSPS) is 10.8. The van der Waals surface area contributed by atoms with E-state index in [1.807, 2.05) is 0 Å². The Morgan fingerprint density at radius 2 is 2.18 bits per heavy atom. The van der Waals surface area contributed by atoms with Gasteiger partial charge in [-0.05, 0) is 26.0 Å². The molecule has 0 atom stereocenters. The van der Waals surface area contributed by atoms with Crippen LogP contribution in [0.2, 0.25) is 0 Å². The fourth-order valence-electron chi connectivity index (χ4n) is 1.17. The van der Waals surface area contributed by atoms with E-state index in [1.165, 1.54) is 0 Å². The Labute approximate surface area is 101 Å². The maximum atomic E-state index is 11.5. The molecule has 0 aliphatic rings. The number of aliphatic hydroxyl groups is 1. The topological polar surface area (TPSA) is 70.6 Å². The van der Waals surface area contributed by atoms with E-state index in [-0.39, 0.29) is 12.6 Å². The minimum absolute atomic E-state index is 0.183. The molecule has 5 nitrogen and oxygen atoms in total. The van der Waals surface area contributed by atoms with Crippen molar-refractivity contribution in [2.45, 2.75) is 19.4 Å². The number of carbonyl (C=O) groups excluding carboxylic acids is 1. The van der Waals surface area contributed by atoms with E-state index in [4.69, 9.17) is 4.74 Å². The van der Waals surface area contributed by atoms with Crippen LogP contribution in [-0.4, -0.2) is 30.4 Å². The largest absolute Gasteiger partial charge is 0.497 e. The number of benzene rings is 1. The van der Waals surface area contributed by atoms with Gasteiger partial charge in [-0.15, -0.1) is 0 Å². The number of ether oxygens (including phenoxy) is 1. The Bertz CT molecular complexity index is 386. The molecule has 0 aliphatic heterocycles. The van der Waals surface area contributed by atoms with Gasteiger partial charge in [0.15, 0.2) is 0 Å². The highest BCUT2D eigenvalue weighted by Gasteiger charge is 2.13. The Hall–Kier alpha value is -1.75. The smallest absolute Gasteiger partial charge is 0.319 e. The average molecular weight is 238 g/mol. The number of methoxy groups -OCH3 is 1. The molecule has 0 radical (unpaired) electrons. The van der Waals surface area contributed by atoms with Crippen molar-refractivity contribution in [1.82, 2.24) is 5.32 Å². The van der Waals surface area contributed by atoms with Crippen molar-refractivity contribution in [3.8, 4) is 5.75 Å². The van der Waals surface area contributed by atoms with Crippen LogP contribution in [0.3, 0.4) is 0 Å². The maximum absolute atomic E-state index is 11.5. The summed E-state index contributed by atoms with van der Waals surface area (Å²) in [4.78, 5) is 11.5. The van der Waals surface area contributed by atoms with Crippen molar-refractivity contribution in [3.05, 3.63) is 24.3 Å². The van der Waals surface area contributed by atoms with Crippen LogP contribution in [0, 0.1) is 0 Å². The molecule has 3 N–H and O–H groups in total. The minimum atomic E-state index is -0.925. The summed E-state index contributed by atoms with van der Waals surface area (Å²) in [5, 5.41) is 14.7. The minimum Gasteiger partial charge on any atom is -0.497 e. The lowest BCUT2D eigenvalue weighted by atomic mass is 10.1. The van der Waals surface area contributed by atoms with E-state index in [9.17, 15) is 9.90 Å². The van der Waals surface area contributed by atoms with Crippen molar-refractivity contribution in [2.24, 2.45) is 0 Å². The van der Waals surface area contributed by atoms with E-state index in [2.05, 4.69) is 10.6 Å². The van der Waals surface area contributed by atoms with Crippen LogP contribution in [0.4, 0.5) is 10.5 Å². The SMILES string of the molecule is COc1cccc(NC(=O)NCC(C)(C)O)c1. The molecule has 0 aliphatic carbocycles. The van der Waals surface area contributed by atoms with Crippen LogP contribution in [0.1, 0.15) is 13.8 Å². The van der Waals surface area contributed by atoms with E-state index in [0.717, 1.165) is 0 Å². The molecule has 0 fully saturated rings. The molecule has 1 aromatic rings. The van der Waals surface area contributed by atoms with Gasteiger partial charge in [0.05, 0.1) is 12.7 Å². The molecule has 0 aromatic heterocycles. The summed E-state index contributed by atoms with van der Waals surface area (Å²) in [5.74, 6) is 0.672. The number of amides is 2. The van der Waals surface area contributed by atoms with Crippen LogP contribution in [0.15, 0.2) is 24.3 Å². The Morgan fingerprint density at radius 3 is 2.76 bits per heavy atom. The molecular formula is C12H18N2O3. The first-order chi connectivity index (χ1) is 7.90. The highest BCUT2D eigenvalue weighted by molar-refractivity contribution is 5.89. The van der Waals surface area contributed by atoms with Crippen LogP contribution in [0.5, 0.6) is 5.75 Å². The van der Waals surface area contributed by atoms with E-state index < -0.39 is 5.60 Å². The highest BCUT2D eigenvalue weighted by Crippen LogP contribution is 2.16. The van der Waals surface area contributed by atoms with Gasteiger partial charge in [0.25, 0.3) is 0 Å². The molecule has 94 valence electrons. The summed E-state index contributed by atoms with van der Waals surface area (Å²) >= 11 is 0. The fourth-order valence-corrected chi connectivity index (χ4v) is 1.17. The lowest BCUT2D eigenvalue weighted by Crippen LogP contribution is -2.40. The maximum Gasteiger partial charge on any atom is 0.319 e. The lowest BCUT2D eigenvalue weighted by molar-refractivity contribution is 0.0826. The van der Waals surface area contributed by atoms with Crippen LogP contribution < -0.4 is 15.4 Å². The molecule has 1 aromatic carbocycles. The summed E-state index contributed by atoms with van der Waals surface area (Å²) in [7, 11) is 1.56. The van der Waals surface area contributed by atoms with E-state index in [0.29, 0.717) is 11.4 Å². The second-order valence-corrected chi connectivity index (χ2v) is 4.35. The lowest BCUT2D eigenvalue weighted by Gasteiger charge is -2.17. The molecule has 17 heavy (non-hydrogen) atoms. The van der Waals surface area contributed by atoms with Gasteiger partial charge < -0.3 is 20.5 Å². The summed E-state index contributed by atoms with van der Waals surface area (Å²) < 4.78 is 5.04. The molecule has 5 heteroatoms. The number of carbonyl (C=O) groups is 1. The van der Waals surface area contributed by atoms with Gasteiger partial charge in [-0.1, -0.05) is 6.07 Å². The van der Waals surface area contributed by atoms with Gasteiger partial charge in [-0.3, -0.25) is 0 Å². The van der Waals surface area contributed by atoms with Crippen molar-refractivity contribution in [1.29, 1.82) is 0 Å². The zero-order valence-electron chi connectivity index (χ0n) is 10.3. The van der Waals surface area contributed by atoms with Crippen LogP contribution >= 0.6 is 0 Å². The number of hydrogen-bond acceptors (Lipinski definition) is 3. The number of anilines is 1. The summed E-state index contributed by atoms with van der Waals surface area (Å²) in [6, 6.07) is 6.68. The van der Waals surface area contributed by atoms with Gasteiger partial charge >= 0.3 is 6.03 Å². The van der Waals surface area contributed by atoms with Crippen molar-refractivity contribution in [2.75, 3.05) is 19.0 Å². The molecule has 0 saturated heterocycles. The molecule has 0 unspecified atom stereocenters. The van der Waals surface area contributed by atoms with Crippen molar-refractivity contribution in [3.63, 3.8) is 0 Å². The van der Waals surface area contributed by atoms with Gasteiger partial charge in [0, 0.05) is 18.3 Å². The number of hydrogen-bond donors (Lipinski definition) is 3. The Balaban J connectivity index is 2.50. The molecular weight excluding hydrogens is 220 g/mol. The van der Waals surface area contributed by atoms with Crippen LogP contribution in [0.25, 0.3) is 0 Å². The second kappa shape index (κ2) is 5.54. The van der Waals surface area contributed by atoms with E-state index in [1.54, 1.807) is 45.2 Å². The third-order valence-corrected chi connectivity index (χ3v) is 2.01. The molecule has 0 heterocycles. The summed E-state index contributed by atoms with van der Waals surface area (Å²) in [6.07, 6.45) is 0. The first-order valence-electron chi connectivity index (χ1n) is 5.32. The monoisotopic (exact) mass is 238 g/mol. The van der Waals surface area contributed by atoms with E-state index >= 15 is 0 Å². The summed E-state index contributed by atoms with van der Waals surface area (Å²) in [5.41, 5.74) is -0.288. The predicted molar refractivity (Wildman–Crippen MR) is 66.3 cm³/mol. The van der Waals surface area contributed by atoms with Crippen LogP contribution in [-0.2, 0) is 0 Å². The molecule has 2 amide bonds. The number of rotatable bonds is 4. The number of urea groups is 1. The van der Waals surface area contributed by atoms with Gasteiger partial charge in [0.2, 0.25) is 0 Å². The molecule has 0 saturated carbocycles. The quantitative estimate of drug-likeness (QED) is 0.746. The van der Waals surface area contributed by atoms with Gasteiger partial charge in [-0.2, -0.15) is 0 Å².